The Morgan fingerprint density at radius 3 is 2.58 bits per heavy atom. The summed E-state index contributed by atoms with van der Waals surface area (Å²) in [5.74, 6) is 1.75. The minimum absolute atomic E-state index is 0.650. The molecule has 2 saturated heterocycles. The average Bonchev–Trinajstić information content (AvgIpc) is 3.06. The second-order valence-corrected chi connectivity index (χ2v) is 8.05. The maximum Gasteiger partial charge on any atom is 0.0233 e. The first-order chi connectivity index (χ1) is 11.7. The molecule has 0 amide bonds. The van der Waals surface area contributed by atoms with E-state index in [0.29, 0.717) is 6.04 Å². The molecule has 0 spiro atoms. The van der Waals surface area contributed by atoms with Crippen molar-refractivity contribution in [2.24, 2.45) is 11.8 Å². The number of piperidine rings is 1. The van der Waals surface area contributed by atoms with E-state index in [1.54, 1.807) is 0 Å². The molecule has 0 bridgehead atoms. The van der Waals surface area contributed by atoms with Gasteiger partial charge in [-0.2, -0.15) is 0 Å². The van der Waals surface area contributed by atoms with E-state index in [4.69, 9.17) is 0 Å². The molecule has 2 aliphatic rings. The Balaban J connectivity index is 1.33. The van der Waals surface area contributed by atoms with Crippen molar-refractivity contribution in [1.29, 1.82) is 0 Å². The molecule has 0 radical (unpaired) electrons. The Labute approximate surface area is 148 Å². The van der Waals surface area contributed by atoms with Crippen LogP contribution in [0.15, 0.2) is 30.3 Å². The third-order valence-electron chi connectivity index (χ3n) is 6.12. The second kappa shape index (κ2) is 8.98. The fraction of sp³-hybridized carbons (Fsp3) is 0.714. The van der Waals surface area contributed by atoms with Crippen molar-refractivity contribution in [2.45, 2.75) is 45.2 Å². The van der Waals surface area contributed by atoms with E-state index in [2.05, 4.69) is 59.4 Å². The van der Waals surface area contributed by atoms with E-state index in [9.17, 15) is 0 Å². The van der Waals surface area contributed by atoms with Crippen LogP contribution in [-0.4, -0.2) is 55.6 Å². The molecule has 0 aliphatic carbocycles. The third-order valence-corrected chi connectivity index (χ3v) is 6.12. The van der Waals surface area contributed by atoms with Crippen LogP contribution < -0.4 is 5.32 Å². The van der Waals surface area contributed by atoms with Gasteiger partial charge in [0.2, 0.25) is 0 Å². The SMILES string of the molecule is C[C@@H](NCCC1CCN(C)CC1)[C@H]1CCN(Cc2ccccc2)C1. The first-order valence-corrected chi connectivity index (χ1v) is 9.89. The number of nitrogens with one attached hydrogen (secondary N) is 1. The molecule has 2 aliphatic heterocycles. The van der Waals surface area contributed by atoms with Crippen molar-refractivity contribution in [2.75, 3.05) is 39.8 Å². The van der Waals surface area contributed by atoms with Crippen LogP contribution in [0.25, 0.3) is 0 Å². The number of rotatable bonds is 7. The summed E-state index contributed by atoms with van der Waals surface area (Å²) < 4.78 is 0. The lowest BCUT2D eigenvalue weighted by Crippen LogP contribution is -2.37. The van der Waals surface area contributed by atoms with Gasteiger partial charge in [-0.15, -0.1) is 0 Å². The van der Waals surface area contributed by atoms with Crippen LogP contribution in [0.1, 0.15) is 38.2 Å². The summed E-state index contributed by atoms with van der Waals surface area (Å²) in [7, 11) is 2.25. The maximum atomic E-state index is 3.83. The summed E-state index contributed by atoms with van der Waals surface area (Å²) >= 11 is 0. The predicted molar refractivity (Wildman–Crippen MR) is 102 cm³/mol. The van der Waals surface area contributed by atoms with E-state index in [1.165, 1.54) is 64.0 Å². The summed E-state index contributed by atoms with van der Waals surface area (Å²) in [4.78, 5) is 5.08. The van der Waals surface area contributed by atoms with Crippen molar-refractivity contribution in [3.05, 3.63) is 35.9 Å². The Kier molecular flexibility index (Phi) is 6.70. The fourth-order valence-corrected chi connectivity index (χ4v) is 4.29. The second-order valence-electron chi connectivity index (χ2n) is 8.05. The number of hydrogen-bond donors (Lipinski definition) is 1. The molecule has 2 heterocycles. The average molecular weight is 330 g/mol. The highest BCUT2D eigenvalue weighted by atomic mass is 15.2. The molecule has 1 aromatic rings. The molecule has 3 heteroatoms. The maximum absolute atomic E-state index is 3.83. The highest BCUT2D eigenvalue weighted by Crippen LogP contribution is 2.22. The molecule has 0 unspecified atom stereocenters. The van der Waals surface area contributed by atoms with Gasteiger partial charge in [0, 0.05) is 19.1 Å². The highest BCUT2D eigenvalue weighted by molar-refractivity contribution is 5.14. The van der Waals surface area contributed by atoms with Crippen LogP contribution in [0.2, 0.25) is 0 Å². The number of nitrogens with zero attached hydrogens (tertiary/aromatic N) is 2. The molecule has 3 rings (SSSR count). The standard InChI is InChI=1S/C21H35N3/c1-18(22-12-8-19-9-13-23(2)14-10-19)21-11-15-24(17-21)16-20-6-4-3-5-7-20/h3-7,18-19,21-22H,8-17H2,1-2H3/t18-,21+/m1/s1. The zero-order valence-corrected chi connectivity index (χ0v) is 15.6. The summed E-state index contributed by atoms with van der Waals surface area (Å²) in [6.07, 6.45) is 5.48. The third kappa shape index (κ3) is 5.30. The van der Waals surface area contributed by atoms with Crippen LogP contribution in [-0.2, 0) is 6.54 Å². The minimum atomic E-state index is 0.650. The fourth-order valence-electron chi connectivity index (χ4n) is 4.29. The highest BCUT2D eigenvalue weighted by Gasteiger charge is 2.27. The smallest absolute Gasteiger partial charge is 0.0233 e. The first-order valence-electron chi connectivity index (χ1n) is 9.89. The topological polar surface area (TPSA) is 18.5 Å². The van der Waals surface area contributed by atoms with E-state index >= 15 is 0 Å². The molecule has 1 aromatic carbocycles. The van der Waals surface area contributed by atoms with Crippen LogP contribution in [0.5, 0.6) is 0 Å². The predicted octanol–water partition coefficient (Wildman–Crippen LogP) is 3.22. The Morgan fingerprint density at radius 2 is 1.83 bits per heavy atom. The van der Waals surface area contributed by atoms with Gasteiger partial charge in [0.05, 0.1) is 0 Å². The van der Waals surface area contributed by atoms with Crippen molar-refractivity contribution in [1.82, 2.24) is 15.1 Å². The zero-order chi connectivity index (χ0) is 16.8. The summed E-state index contributed by atoms with van der Waals surface area (Å²) in [6, 6.07) is 11.5. The van der Waals surface area contributed by atoms with Crippen molar-refractivity contribution in [3.63, 3.8) is 0 Å². The number of hydrogen-bond acceptors (Lipinski definition) is 3. The van der Waals surface area contributed by atoms with Gasteiger partial charge >= 0.3 is 0 Å². The first kappa shape index (κ1) is 17.9. The molecule has 3 nitrogen and oxygen atoms in total. The Morgan fingerprint density at radius 1 is 1.08 bits per heavy atom. The van der Waals surface area contributed by atoms with E-state index in [0.717, 1.165) is 18.4 Å². The van der Waals surface area contributed by atoms with Gasteiger partial charge in [-0.3, -0.25) is 4.90 Å². The van der Waals surface area contributed by atoms with Crippen LogP contribution in [0, 0.1) is 11.8 Å². The summed E-state index contributed by atoms with van der Waals surface area (Å²) in [6.45, 7) is 9.78. The minimum Gasteiger partial charge on any atom is -0.314 e. The van der Waals surface area contributed by atoms with Gasteiger partial charge < -0.3 is 10.2 Å². The van der Waals surface area contributed by atoms with E-state index in [-0.39, 0.29) is 0 Å². The monoisotopic (exact) mass is 329 g/mol. The quantitative estimate of drug-likeness (QED) is 0.829. The lowest BCUT2D eigenvalue weighted by Gasteiger charge is -2.29. The molecule has 0 saturated carbocycles. The summed E-state index contributed by atoms with van der Waals surface area (Å²) in [5, 5.41) is 3.83. The Bertz CT molecular complexity index is 467. The van der Waals surface area contributed by atoms with Gasteiger partial charge in [-0.1, -0.05) is 30.3 Å². The van der Waals surface area contributed by atoms with Crippen LogP contribution >= 0.6 is 0 Å². The molecular formula is C21H35N3. The van der Waals surface area contributed by atoms with Crippen molar-refractivity contribution >= 4 is 0 Å². The van der Waals surface area contributed by atoms with Gasteiger partial charge in [0.15, 0.2) is 0 Å². The van der Waals surface area contributed by atoms with Crippen LogP contribution in [0.3, 0.4) is 0 Å². The van der Waals surface area contributed by atoms with Gasteiger partial charge in [0.25, 0.3) is 0 Å². The normalized spacial score (nSPS) is 25.2. The zero-order valence-electron chi connectivity index (χ0n) is 15.6. The van der Waals surface area contributed by atoms with Crippen molar-refractivity contribution < 1.29 is 0 Å². The molecular weight excluding hydrogens is 294 g/mol. The molecule has 2 atom stereocenters. The molecule has 24 heavy (non-hydrogen) atoms. The van der Waals surface area contributed by atoms with Crippen LogP contribution in [0.4, 0.5) is 0 Å². The van der Waals surface area contributed by atoms with E-state index < -0.39 is 0 Å². The van der Waals surface area contributed by atoms with Crippen molar-refractivity contribution in [3.8, 4) is 0 Å². The van der Waals surface area contributed by atoms with Gasteiger partial charge in [-0.05, 0) is 83.2 Å². The molecule has 2 fully saturated rings. The van der Waals surface area contributed by atoms with Gasteiger partial charge in [-0.25, -0.2) is 0 Å². The summed E-state index contributed by atoms with van der Waals surface area (Å²) in [5.41, 5.74) is 1.45. The molecule has 134 valence electrons. The molecule has 1 N–H and O–H groups in total. The molecule has 0 aromatic heterocycles. The van der Waals surface area contributed by atoms with Gasteiger partial charge in [0.1, 0.15) is 0 Å². The number of benzene rings is 1. The van der Waals surface area contributed by atoms with E-state index in [1.807, 2.05) is 0 Å². The largest absolute Gasteiger partial charge is 0.314 e. The lowest BCUT2D eigenvalue weighted by atomic mass is 9.93. The number of likely N-dealkylation sites (tertiary alicyclic amines) is 2. The lowest BCUT2D eigenvalue weighted by molar-refractivity contribution is 0.209. The Hall–Kier alpha value is -0.900.